The normalized spacial score (nSPS) is 12.8. The average Bonchev–Trinajstić information content (AvgIpc) is 3.40. The Kier molecular flexibility index (Phi) is 4.85. The first kappa shape index (κ1) is 20.7. The molecule has 0 radical (unpaired) electrons. The molecule has 4 aromatic heterocycles. The molecule has 0 bridgehead atoms. The maximum Gasteiger partial charge on any atom is 0.271 e. The Morgan fingerprint density at radius 2 is 1.70 bits per heavy atom. The second-order valence-electron chi connectivity index (χ2n) is 7.72. The number of rotatable bonds is 5. The summed E-state index contributed by atoms with van der Waals surface area (Å²) in [6, 6.07) is 12.7. The van der Waals surface area contributed by atoms with Gasteiger partial charge in [0.25, 0.3) is 5.92 Å². The van der Waals surface area contributed by atoms with Crippen LogP contribution in [0.15, 0.2) is 73.2 Å². The molecule has 0 saturated carbocycles. The van der Waals surface area contributed by atoms with E-state index in [1.54, 1.807) is 22.8 Å². The van der Waals surface area contributed by atoms with Gasteiger partial charge in [-0.15, -0.1) is 5.10 Å². The Hall–Kier alpha value is -4.21. The highest BCUT2D eigenvalue weighted by Gasteiger charge is 2.37. The van der Waals surface area contributed by atoms with Gasteiger partial charge in [-0.05, 0) is 42.0 Å². The van der Waals surface area contributed by atoms with Crippen LogP contribution < -0.4 is 5.73 Å². The molecule has 5 rings (SSSR count). The van der Waals surface area contributed by atoms with E-state index in [4.69, 9.17) is 5.73 Å². The van der Waals surface area contributed by atoms with Crippen LogP contribution in [0.3, 0.4) is 0 Å². The van der Waals surface area contributed by atoms with E-state index < -0.39 is 17.8 Å². The molecule has 4 heterocycles. The van der Waals surface area contributed by atoms with Gasteiger partial charge in [-0.25, -0.2) is 22.7 Å². The molecule has 5 aromatic rings. The maximum absolute atomic E-state index is 14.5. The quantitative estimate of drug-likeness (QED) is 0.423. The van der Waals surface area contributed by atoms with Crippen molar-refractivity contribution in [3.8, 4) is 22.5 Å². The van der Waals surface area contributed by atoms with Crippen molar-refractivity contribution in [2.24, 2.45) is 0 Å². The molecule has 0 saturated heterocycles. The van der Waals surface area contributed by atoms with Crippen molar-refractivity contribution < 1.29 is 13.2 Å². The first-order valence-corrected chi connectivity index (χ1v) is 10.0. The molecule has 10 heteroatoms. The van der Waals surface area contributed by atoms with Crippen molar-refractivity contribution in [2.75, 3.05) is 5.73 Å². The fourth-order valence-corrected chi connectivity index (χ4v) is 3.75. The predicted molar refractivity (Wildman–Crippen MR) is 117 cm³/mol. The van der Waals surface area contributed by atoms with Gasteiger partial charge in [0, 0.05) is 30.4 Å². The van der Waals surface area contributed by atoms with Gasteiger partial charge < -0.3 is 5.73 Å². The van der Waals surface area contributed by atoms with E-state index in [0.717, 1.165) is 24.6 Å². The Morgan fingerprint density at radius 1 is 0.970 bits per heavy atom. The molecule has 7 nitrogen and oxygen atoms in total. The first-order chi connectivity index (χ1) is 15.8. The van der Waals surface area contributed by atoms with E-state index >= 15 is 0 Å². The fraction of sp³-hybridized carbons (Fsp3) is 0.130. The van der Waals surface area contributed by atoms with Gasteiger partial charge in [0.1, 0.15) is 11.9 Å². The van der Waals surface area contributed by atoms with Crippen LogP contribution in [0, 0.1) is 5.82 Å². The molecule has 0 amide bonds. The van der Waals surface area contributed by atoms with Gasteiger partial charge in [-0.2, -0.15) is 10.1 Å². The number of halogens is 3. The highest BCUT2D eigenvalue weighted by molar-refractivity contribution is 5.68. The lowest BCUT2D eigenvalue weighted by Gasteiger charge is -2.24. The Bertz CT molecular complexity index is 1430. The van der Waals surface area contributed by atoms with E-state index in [2.05, 4.69) is 20.2 Å². The fourth-order valence-electron chi connectivity index (χ4n) is 3.75. The van der Waals surface area contributed by atoms with Gasteiger partial charge in [-0.3, -0.25) is 4.68 Å². The van der Waals surface area contributed by atoms with Crippen molar-refractivity contribution in [2.45, 2.75) is 18.9 Å². The zero-order valence-corrected chi connectivity index (χ0v) is 17.4. The zero-order valence-electron chi connectivity index (χ0n) is 17.4. The summed E-state index contributed by atoms with van der Waals surface area (Å²) in [4.78, 5) is 8.82. The van der Waals surface area contributed by atoms with Gasteiger partial charge in [0.05, 0.1) is 17.6 Å². The number of nitrogens with two attached hydrogens (primary N) is 1. The Balaban J connectivity index is 1.50. The SMILES string of the molecule is CC(F)(F)[C@@H](c1ccc(F)cc1)n1cc(-c2cccc(-c3ccn4nc(N)nc4c3)n2)cn1. The summed E-state index contributed by atoms with van der Waals surface area (Å²) in [6.07, 6.45) is 4.73. The minimum Gasteiger partial charge on any atom is -0.366 e. The van der Waals surface area contributed by atoms with Crippen molar-refractivity contribution in [1.29, 1.82) is 0 Å². The summed E-state index contributed by atoms with van der Waals surface area (Å²) >= 11 is 0. The Morgan fingerprint density at radius 3 is 2.42 bits per heavy atom. The lowest BCUT2D eigenvalue weighted by atomic mass is 10.0. The third-order valence-corrected chi connectivity index (χ3v) is 5.23. The van der Waals surface area contributed by atoms with Crippen molar-refractivity contribution in [3.63, 3.8) is 0 Å². The number of hydrogen-bond acceptors (Lipinski definition) is 5. The van der Waals surface area contributed by atoms with Crippen LogP contribution in [0.5, 0.6) is 0 Å². The smallest absolute Gasteiger partial charge is 0.271 e. The summed E-state index contributed by atoms with van der Waals surface area (Å²) in [5.74, 6) is -3.46. The molecule has 2 N–H and O–H groups in total. The van der Waals surface area contributed by atoms with Gasteiger partial charge in [0.15, 0.2) is 5.65 Å². The summed E-state index contributed by atoms with van der Waals surface area (Å²) in [7, 11) is 0. The van der Waals surface area contributed by atoms with Crippen LogP contribution in [0.4, 0.5) is 19.1 Å². The standard InChI is InChI=1S/C23H18F3N7/c1-23(25,26)21(14-5-7-17(24)8-6-14)33-13-16(12-28-33)19-4-2-3-18(29-19)15-9-10-32-20(11-15)30-22(27)31-32/h2-13,21H,1H3,(H2,27,31)/t21-/m1/s1. The molecule has 0 aliphatic carbocycles. The van der Waals surface area contributed by atoms with Gasteiger partial charge >= 0.3 is 0 Å². The number of benzene rings is 1. The van der Waals surface area contributed by atoms with E-state index in [1.165, 1.54) is 29.2 Å². The van der Waals surface area contributed by atoms with E-state index in [9.17, 15) is 13.2 Å². The molecule has 1 aromatic carbocycles. The number of anilines is 1. The predicted octanol–water partition coefficient (Wildman–Crippen LogP) is 4.62. The van der Waals surface area contributed by atoms with Crippen LogP contribution >= 0.6 is 0 Å². The van der Waals surface area contributed by atoms with Gasteiger partial charge in [0.2, 0.25) is 5.95 Å². The highest BCUT2D eigenvalue weighted by atomic mass is 19.3. The van der Waals surface area contributed by atoms with Crippen LogP contribution in [0.2, 0.25) is 0 Å². The van der Waals surface area contributed by atoms with E-state index in [0.29, 0.717) is 22.6 Å². The van der Waals surface area contributed by atoms with Crippen LogP contribution in [-0.4, -0.2) is 35.3 Å². The molecule has 166 valence electrons. The number of aromatic nitrogens is 6. The summed E-state index contributed by atoms with van der Waals surface area (Å²) in [5, 5.41) is 8.22. The number of hydrogen-bond donors (Lipinski definition) is 1. The number of fused-ring (bicyclic) bond motifs is 1. The van der Waals surface area contributed by atoms with Crippen LogP contribution in [0.1, 0.15) is 18.5 Å². The van der Waals surface area contributed by atoms with E-state index in [-0.39, 0.29) is 11.5 Å². The van der Waals surface area contributed by atoms with Crippen LogP contribution in [-0.2, 0) is 0 Å². The van der Waals surface area contributed by atoms with Crippen molar-refractivity contribution >= 4 is 11.6 Å². The summed E-state index contributed by atoms with van der Waals surface area (Å²) < 4.78 is 45.0. The number of nitrogens with zero attached hydrogens (tertiary/aromatic N) is 6. The molecule has 0 fully saturated rings. The zero-order chi connectivity index (χ0) is 23.2. The van der Waals surface area contributed by atoms with E-state index in [1.807, 2.05) is 18.2 Å². The molecule has 0 aliphatic heterocycles. The summed E-state index contributed by atoms with van der Waals surface area (Å²) in [5.41, 5.74) is 9.08. The van der Waals surface area contributed by atoms with Crippen LogP contribution in [0.25, 0.3) is 28.2 Å². The van der Waals surface area contributed by atoms with Crippen molar-refractivity contribution in [3.05, 3.63) is 84.6 Å². The average molecular weight is 449 g/mol. The largest absolute Gasteiger partial charge is 0.366 e. The number of pyridine rings is 2. The Labute approximate surface area is 186 Å². The molecule has 0 unspecified atom stereocenters. The summed E-state index contributed by atoms with van der Waals surface area (Å²) in [6.45, 7) is 0.814. The molecule has 1 atom stereocenters. The minimum absolute atomic E-state index is 0.171. The minimum atomic E-state index is -3.13. The molecule has 33 heavy (non-hydrogen) atoms. The van der Waals surface area contributed by atoms with Crippen molar-refractivity contribution in [1.82, 2.24) is 29.4 Å². The molecular weight excluding hydrogens is 431 g/mol. The highest BCUT2D eigenvalue weighted by Crippen LogP contribution is 2.35. The topological polar surface area (TPSA) is 86.9 Å². The lowest BCUT2D eigenvalue weighted by molar-refractivity contribution is -0.0217. The van der Waals surface area contributed by atoms with Gasteiger partial charge in [-0.1, -0.05) is 18.2 Å². The maximum atomic E-state index is 14.5. The third-order valence-electron chi connectivity index (χ3n) is 5.23. The third kappa shape index (κ3) is 4.02. The number of nitrogen functional groups attached to an aromatic ring is 1. The molecule has 0 aliphatic rings. The monoisotopic (exact) mass is 449 g/mol. The second kappa shape index (κ2) is 7.73. The molecule has 0 spiro atoms. The lowest BCUT2D eigenvalue weighted by Crippen LogP contribution is -2.29. The second-order valence-corrected chi connectivity index (χ2v) is 7.72. The first-order valence-electron chi connectivity index (χ1n) is 10.0. The number of alkyl halides is 2. The molecular formula is C23H18F3N7.